The Labute approximate surface area is 195 Å². The molecular weight excluding hydrogens is 386 g/mol. The first-order valence-electron chi connectivity index (χ1n) is 13.5. The molecule has 0 aliphatic rings. The van der Waals surface area contributed by atoms with Gasteiger partial charge in [-0.3, -0.25) is 0 Å². The summed E-state index contributed by atoms with van der Waals surface area (Å²) < 4.78 is 4.91. The molecule has 0 amide bonds. The van der Waals surface area contributed by atoms with E-state index in [1.807, 2.05) is 0 Å². The van der Waals surface area contributed by atoms with Gasteiger partial charge >= 0.3 is 0 Å². The topological polar surface area (TPSA) is 49.4 Å². The van der Waals surface area contributed by atoms with Gasteiger partial charge in [-0.2, -0.15) is 0 Å². The van der Waals surface area contributed by atoms with Gasteiger partial charge in [0.15, 0.2) is 0 Å². The van der Waals surface area contributed by atoms with Crippen molar-refractivity contribution in [3.05, 3.63) is 0 Å². The Kier molecular flexibility index (Phi) is 26.6. The molecule has 0 aromatic carbocycles. The van der Waals surface area contributed by atoms with Gasteiger partial charge in [0.25, 0.3) is 6.16 Å². The quantitative estimate of drug-likeness (QED) is 0.105. The number of hydrogen-bond donors (Lipinski definition) is 0. The van der Waals surface area contributed by atoms with Crippen LogP contribution in [0.25, 0.3) is 0 Å². The lowest BCUT2D eigenvalue weighted by Crippen LogP contribution is -2.46. The molecule has 0 bridgehead atoms. The lowest BCUT2D eigenvalue weighted by molar-refractivity contribution is -0.910. The molecule has 31 heavy (non-hydrogen) atoms. The second-order valence-corrected chi connectivity index (χ2v) is 9.55. The van der Waals surface area contributed by atoms with Gasteiger partial charge in [-0.15, -0.1) is 0 Å². The highest BCUT2D eigenvalue weighted by molar-refractivity contribution is 5.53. The number of methoxy groups -OCH3 is 1. The molecule has 4 nitrogen and oxygen atoms in total. The summed E-state index contributed by atoms with van der Waals surface area (Å²) in [5.41, 5.74) is 0. The van der Waals surface area contributed by atoms with Crippen molar-refractivity contribution in [2.24, 2.45) is 0 Å². The molecule has 188 valence electrons. The Balaban J connectivity index is 0. The second-order valence-electron chi connectivity index (χ2n) is 9.55. The lowest BCUT2D eigenvalue weighted by Gasteiger charge is -2.35. The minimum Gasteiger partial charge on any atom is -0.553 e. The molecule has 4 heteroatoms. The molecule has 0 unspecified atom stereocenters. The van der Waals surface area contributed by atoms with Crippen molar-refractivity contribution in [2.45, 2.75) is 136 Å². The second kappa shape index (κ2) is 25.5. The lowest BCUT2D eigenvalue weighted by atomic mass is 10.1. The Bertz CT molecular complexity index is 320. The summed E-state index contributed by atoms with van der Waals surface area (Å²) >= 11 is 0. The van der Waals surface area contributed by atoms with Gasteiger partial charge in [0.05, 0.1) is 26.7 Å². The zero-order valence-corrected chi connectivity index (χ0v) is 22.0. The van der Waals surface area contributed by atoms with Crippen LogP contribution in [-0.4, -0.2) is 44.4 Å². The zero-order chi connectivity index (χ0) is 23.6. The van der Waals surface area contributed by atoms with Crippen molar-refractivity contribution in [1.29, 1.82) is 0 Å². The fourth-order valence-electron chi connectivity index (χ4n) is 4.16. The van der Waals surface area contributed by atoms with Crippen LogP contribution in [0.5, 0.6) is 0 Å². The summed E-state index contributed by atoms with van der Waals surface area (Å²) in [6.07, 6.45) is 24.4. The number of rotatable bonds is 21. The highest BCUT2D eigenvalue weighted by atomic mass is 16.6. The van der Waals surface area contributed by atoms with E-state index in [1.165, 1.54) is 140 Å². The minimum absolute atomic E-state index is 1.04. The van der Waals surface area contributed by atoms with Gasteiger partial charge in [-0.1, -0.05) is 97.8 Å². The molecule has 0 aromatic rings. The van der Waals surface area contributed by atoms with Crippen LogP contribution < -0.4 is 5.11 Å². The molecule has 0 rings (SSSR count). The third-order valence-corrected chi connectivity index (χ3v) is 6.32. The van der Waals surface area contributed by atoms with Crippen molar-refractivity contribution in [3.8, 4) is 0 Å². The number of hydrogen-bond acceptors (Lipinski definition) is 3. The van der Waals surface area contributed by atoms with E-state index in [0.717, 1.165) is 7.11 Å². The first-order valence-corrected chi connectivity index (χ1v) is 13.5. The minimum atomic E-state index is -1.50. The van der Waals surface area contributed by atoms with Gasteiger partial charge in [0.2, 0.25) is 0 Å². The van der Waals surface area contributed by atoms with Gasteiger partial charge in [0, 0.05) is 7.11 Å². The van der Waals surface area contributed by atoms with Crippen LogP contribution in [0.3, 0.4) is 0 Å². The van der Waals surface area contributed by atoms with Crippen LogP contribution >= 0.6 is 0 Å². The van der Waals surface area contributed by atoms with Crippen LogP contribution in [0, 0.1) is 0 Å². The molecule has 0 atom stereocenters. The molecule has 0 saturated carbocycles. The van der Waals surface area contributed by atoms with E-state index < -0.39 is 6.16 Å². The molecule has 0 heterocycles. The van der Waals surface area contributed by atoms with Crippen LogP contribution in [0.4, 0.5) is 4.79 Å². The van der Waals surface area contributed by atoms with Gasteiger partial charge in [-0.05, 0) is 38.5 Å². The number of carbonyl (C=O) groups is 1. The maximum Gasteiger partial charge on any atom is 0.251 e. The summed E-state index contributed by atoms with van der Waals surface area (Å²) in [5.74, 6) is 0. The summed E-state index contributed by atoms with van der Waals surface area (Å²) in [4.78, 5) is 9.03. The van der Waals surface area contributed by atoms with Crippen molar-refractivity contribution in [3.63, 3.8) is 0 Å². The zero-order valence-electron chi connectivity index (χ0n) is 22.0. The van der Waals surface area contributed by atoms with Gasteiger partial charge < -0.3 is 19.1 Å². The molecule has 0 aliphatic carbocycles. The molecule has 0 saturated heterocycles. The van der Waals surface area contributed by atoms with Crippen LogP contribution in [0.2, 0.25) is 0 Å². The SMILES string of the molecule is CCCCCCCC[N+](C)(CCCCCCCC)CCCCCCCC.COC(=O)[O-]. The first kappa shape index (κ1) is 32.4. The van der Waals surface area contributed by atoms with Crippen LogP contribution in [0.1, 0.15) is 136 Å². The van der Waals surface area contributed by atoms with Crippen molar-refractivity contribution < 1.29 is 19.1 Å². The molecule has 0 N–H and O–H groups in total. The highest BCUT2D eigenvalue weighted by Gasteiger charge is 2.20. The number of carboxylic acid groups (broad SMARTS) is 1. The summed E-state index contributed by atoms with van der Waals surface area (Å²) in [6.45, 7) is 11.2. The van der Waals surface area contributed by atoms with Gasteiger partial charge in [-0.25, -0.2) is 0 Å². The summed E-state index contributed by atoms with van der Waals surface area (Å²) in [6, 6.07) is 0. The molecule has 0 aromatic heterocycles. The van der Waals surface area contributed by atoms with E-state index in [4.69, 9.17) is 9.90 Å². The number of ether oxygens (including phenoxy) is 1. The van der Waals surface area contributed by atoms with E-state index in [-0.39, 0.29) is 0 Å². The predicted molar refractivity (Wildman–Crippen MR) is 133 cm³/mol. The van der Waals surface area contributed by atoms with Crippen LogP contribution in [0.15, 0.2) is 0 Å². The van der Waals surface area contributed by atoms with Crippen LogP contribution in [-0.2, 0) is 4.74 Å². The summed E-state index contributed by atoms with van der Waals surface area (Å²) in [5, 5.41) is 9.03. The largest absolute Gasteiger partial charge is 0.553 e. The number of carbonyl (C=O) groups excluding carboxylic acids is 1. The molecule has 0 radical (unpaired) electrons. The van der Waals surface area contributed by atoms with E-state index in [2.05, 4.69) is 32.6 Å². The Morgan fingerprint density at radius 1 is 0.581 bits per heavy atom. The average molecular weight is 444 g/mol. The van der Waals surface area contributed by atoms with E-state index >= 15 is 0 Å². The number of unbranched alkanes of at least 4 members (excludes halogenated alkanes) is 15. The maximum absolute atomic E-state index is 9.03. The van der Waals surface area contributed by atoms with Gasteiger partial charge in [0.1, 0.15) is 0 Å². The normalized spacial score (nSPS) is 11.1. The standard InChI is InChI=1S/C25H54N.C2H4O3/c1-5-8-11-14-17-20-23-26(4,24-21-18-15-12-9-6-2)25-22-19-16-13-10-7-3;1-5-2(3)4/h5-25H2,1-4H3;1H3,(H,3,4)/q+1;/p-1. The van der Waals surface area contributed by atoms with E-state index in [9.17, 15) is 0 Å². The molecule has 0 spiro atoms. The summed E-state index contributed by atoms with van der Waals surface area (Å²) in [7, 11) is 3.60. The smallest absolute Gasteiger partial charge is 0.251 e. The molecule has 0 aliphatic heterocycles. The number of nitrogens with zero attached hydrogens (tertiary/aromatic N) is 1. The third-order valence-electron chi connectivity index (χ3n) is 6.32. The Hall–Kier alpha value is -0.770. The fourth-order valence-corrected chi connectivity index (χ4v) is 4.16. The van der Waals surface area contributed by atoms with E-state index in [1.54, 1.807) is 0 Å². The van der Waals surface area contributed by atoms with E-state index in [0.29, 0.717) is 0 Å². The van der Waals surface area contributed by atoms with Crippen molar-refractivity contribution in [1.82, 2.24) is 0 Å². The average Bonchev–Trinajstić information content (AvgIpc) is 2.76. The molecule has 0 fully saturated rings. The fraction of sp³-hybridized carbons (Fsp3) is 0.963. The first-order chi connectivity index (χ1) is 15.0. The number of quaternary nitrogens is 1. The van der Waals surface area contributed by atoms with Crippen molar-refractivity contribution >= 4 is 6.16 Å². The third kappa shape index (κ3) is 27.2. The molecular formula is C27H57NO3. The predicted octanol–water partition coefficient (Wildman–Crippen LogP) is 7.49. The highest BCUT2D eigenvalue weighted by Crippen LogP contribution is 2.16. The Morgan fingerprint density at radius 3 is 1.03 bits per heavy atom. The maximum atomic E-state index is 9.03. The Morgan fingerprint density at radius 2 is 0.806 bits per heavy atom. The monoisotopic (exact) mass is 443 g/mol. The van der Waals surface area contributed by atoms with Crippen molar-refractivity contribution in [2.75, 3.05) is 33.8 Å².